The molecule has 42 heavy (non-hydrogen) atoms. The van der Waals surface area contributed by atoms with E-state index in [1.54, 1.807) is 30.5 Å². The second-order valence-electron chi connectivity index (χ2n) is 9.89. The van der Waals surface area contributed by atoms with Crippen LogP contribution in [0.15, 0.2) is 87.8 Å². The normalized spacial score (nSPS) is 14.8. The number of nitrogens with zero attached hydrogens (tertiary/aromatic N) is 3. The number of aromatic nitrogens is 1. The Balaban J connectivity index is 1.53. The van der Waals surface area contributed by atoms with Crippen molar-refractivity contribution >= 4 is 52.3 Å². The highest BCUT2D eigenvalue weighted by Gasteiger charge is 2.33. The van der Waals surface area contributed by atoms with Crippen LogP contribution in [-0.4, -0.2) is 31.2 Å². The van der Waals surface area contributed by atoms with E-state index >= 15 is 0 Å². The fraction of sp³-hybridized carbons (Fsp3) is 0.219. The number of rotatable bonds is 8. The first-order chi connectivity index (χ1) is 20.2. The van der Waals surface area contributed by atoms with Crippen molar-refractivity contribution in [2.75, 3.05) is 25.6 Å². The number of anilines is 1. The molecule has 7 nitrogen and oxygen atoms in total. The lowest BCUT2D eigenvalue weighted by atomic mass is 9.95. The van der Waals surface area contributed by atoms with Gasteiger partial charge in [0.15, 0.2) is 4.80 Å². The largest absolute Gasteiger partial charge is 0.489 e. The highest BCUT2D eigenvalue weighted by atomic mass is 35.5. The zero-order chi connectivity index (χ0) is 30.0. The summed E-state index contributed by atoms with van der Waals surface area (Å²) in [5, 5.41) is 1.09. The van der Waals surface area contributed by atoms with Gasteiger partial charge in [0.05, 0.1) is 28.5 Å². The van der Waals surface area contributed by atoms with Crippen LogP contribution in [0.5, 0.6) is 5.75 Å². The summed E-state index contributed by atoms with van der Waals surface area (Å²) in [5.41, 5.74) is 4.03. The third-order valence-electron chi connectivity index (χ3n) is 6.81. The van der Waals surface area contributed by atoms with Crippen molar-refractivity contribution in [3.8, 4) is 5.75 Å². The lowest BCUT2D eigenvalue weighted by Crippen LogP contribution is -2.39. The first-order valence-electron chi connectivity index (χ1n) is 13.3. The third kappa shape index (κ3) is 6.16. The molecule has 1 atom stereocenters. The van der Waals surface area contributed by atoms with E-state index in [0.29, 0.717) is 36.4 Å². The molecule has 0 radical (unpaired) electrons. The van der Waals surface area contributed by atoms with Crippen molar-refractivity contribution in [3.05, 3.63) is 124 Å². The summed E-state index contributed by atoms with van der Waals surface area (Å²) >= 11 is 13.6. The number of hydrogen-bond donors (Lipinski definition) is 0. The Bertz CT molecular complexity index is 1860. The number of benzene rings is 3. The average Bonchev–Trinajstić information content (AvgIpc) is 3.26. The van der Waals surface area contributed by atoms with Crippen molar-refractivity contribution in [2.24, 2.45) is 4.99 Å². The topological polar surface area (TPSA) is 73.1 Å². The molecule has 0 N–H and O–H groups in total. The van der Waals surface area contributed by atoms with Crippen molar-refractivity contribution in [1.29, 1.82) is 0 Å². The number of esters is 1. The van der Waals surface area contributed by atoms with Crippen LogP contribution >= 0.6 is 34.5 Å². The van der Waals surface area contributed by atoms with Crippen LogP contribution in [0.25, 0.3) is 6.08 Å². The summed E-state index contributed by atoms with van der Waals surface area (Å²) in [5.74, 6) is 0.141. The van der Waals surface area contributed by atoms with Gasteiger partial charge in [0, 0.05) is 35.4 Å². The molecule has 5 rings (SSSR count). The number of thiazole rings is 1. The number of hydrogen-bond acceptors (Lipinski definition) is 7. The van der Waals surface area contributed by atoms with Gasteiger partial charge in [-0.1, -0.05) is 64.9 Å². The smallest absolute Gasteiger partial charge is 0.338 e. The first kappa shape index (κ1) is 29.6. The number of halogens is 2. The molecule has 0 bridgehead atoms. The Labute approximate surface area is 257 Å². The van der Waals surface area contributed by atoms with Gasteiger partial charge in [0.1, 0.15) is 12.4 Å². The predicted molar refractivity (Wildman–Crippen MR) is 168 cm³/mol. The Hall–Kier alpha value is -3.85. The molecule has 216 valence electrons. The molecule has 0 aliphatic carbocycles. The number of carbonyl (C=O) groups excluding carboxylic acids is 1. The van der Waals surface area contributed by atoms with Crippen LogP contribution in [0, 0.1) is 0 Å². The molecule has 0 fully saturated rings. The van der Waals surface area contributed by atoms with Gasteiger partial charge in [-0.25, -0.2) is 9.79 Å². The molecule has 0 saturated carbocycles. The van der Waals surface area contributed by atoms with Gasteiger partial charge in [-0.15, -0.1) is 0 Å². The number of fused-ring (bicyclic) bond motifs is 1. The van der Waals surface area contributed by atoms with Gasteiger partial charge in [-0.05, 0) is 67.4 Å². The van der Waals surface area contributed by atoms with Crippen molar-refractivity contribution < 1.29 is 14.3 Å². The van der Waals surface area contributed by atoms with Crippen LogP contribution in [0.3, 0.4) is 0 Å². The summed E-state index contributed by atoms with van der Waals surface area (Å²) < 4.78 is 13.4. The summed E-state index contributed by atoms with van der Waals surface area (Å²) in [7, 11) is 3.91. The monoisotopic (exact) mass is 621 g/mol. The maximum absolute atomic E-state index is 13.9. The van der Waals surface area contributed by atoms with E-state index in [1.165, 1.54) is 11.3 Å². The average molecular weight is 623 g/mol. The third-order valence-corrected chi connectivity index (χ3v) is 8.38. The highest BCUT2D eigenvalue weighted by Crippen LogP contribution is 2.31. The van der Waals surface area contributed by atoms with Crippen molar-refractivity contribution in [1.82, 2.24) is 4.57 Å². The molecule has 0 amide bonds. The van der Waals surface area contributed by atoms with E-state index in [9.17, 15) is 9.59 Å². The second-order valence-corrected chi connectivity index (χ2v) is 11.7. The van der Waals surface area contributed by atoms with Crippen LogP contribution in [0.2, 0.25) is 10.0 Å². The second kappa shape index (κ2) is 12.6. The molecule has 0 saturated heterocycles. The maximum Gasteiger partial charge on any atom is 0.338 e. The molecule has 4 aromatic rings. The Morgan fingerprint density at radius 3 is 2.55 bits per heavy atom. The Morgan fingerprint density at radius 1 is 1.10 bits per heavy atom. The van der Waals surface area contributed by atoms with Crippen LogP contribution in [0.4, 0.5) is 5.69 Å². The summed E-state index contributed by atoms with van der Waals surface area (Å²) in [6, 6.07) is 19.8. The van der Waals surface area contributed by atoms with E-state index in [0.717, 1.165) is 22.4 Å². The van der Waals surface area contributed by atoms with Crippen molar-refractivity contribution in [2.45, 2.75) is 26.5 Å². The first-order valence-corrected chi connectivity index (χ1v) is 14.9. The summed E-state index contributed by atoms with van der Waals surface area (Å²) in [4.78, 5) is 34.2. The van der Waals surface area contributed by atoms with Gasteiger partial charge in [-0.3, -0.25) is 9.36 Å². The lowest BCUT2D eigenvalue weighted by molar-refractivity contribution is -0.139. The van der Waals surface area contributed by atoms with Crippen LogP contribution in [0.1, 0.15) is 36.6 Å². The molecular formula is C32H29Cl2N3O4S. The fourth-order valence-corrected chi connectivity index (χ4v) is 6.22. The quantitative estimate of drug-likeness (QED) is 0.234. The van der Waals surface area contributed by atoms with E-state index in [2.05, 4.69) is 4.99 Å². The van der Waals surface area contributed by atoms with E-state index in [-0.39, 0.29) is 18.8 Å². The minimum atomic E-state index is -0.669. The molecule has 3 aromatic carbocycles. The molecule has 1 unspecified atom stereocenters. The standard InChI is InChI=1S/C32H29Cl2N3O4S/c1-5-40-31(39)28-19(2)35-32-37(29(28)21-10-13-24(14-11-21)36(3)4)30(38)27(42-32)16-20-7-6-8-25(15-20)41-18-22-9-12-23(33)17-26(22)34/h6-17,29H,5,18H2,1-4H3. The maximum atomic E-state index is 13.9. The predicted octanol–water partition coefficient (Wildman–Crippen LogP) is 5.75. The Morgan fingerprint density at radius 2 is 1.86 bits per heavy atom. The van der Waals surface area contributed by atoms with E-state index in [1.807, 2.05) is 79.7 Å². The van der Waals surface area contributed by atoms with E-state index in [4.69, 9.17) is 32.7 Å². The van der Waals surface area contributed by atoms with Gasteiger partial charge >= 0.3 is 5.97 Å². The molecule has 10 heteroatoms. The Kier molecular flexibility index (Phi) is 8.87. The molecule has 1 aliphatic heterocycles. The highest BCUT2D eigenvalue weighted by molar-refractivity contribution is 7.07. The molecular weight excluding hydrogens is 593 g/mol. The summed E-state index contributed by atoms with van der Waals surface area (Å²) in [6.07, 6.45) is 1.81. The van der Waals surface area contributed by atoms with Crippen LogP contribution < -0.4 is 24.5 Å². The lowest BCUT2D eigenvalue weighted by Gasteiger charge is -2.25. The van der Waals surface area contributed by atoms with Gasteiger partial charge in [-0.2, -0.15) is 0 Å². The minimum absolute atomic E-state index is 0.217. The molecule has 1 aromatic heterocycles. The zero-order valence-electron chi connectivity index (χ0n) is 23.6. The van der Waals surface area contributed by atoms with Crippen LogP contribution in [-0.2, 0) is 16.1 Å². The van der Waals surface area contributed by atoms with Gasteiger partial charge < -0.3 is 14.4 Å². The number of carbonyl (C=O) groups is 1. The number of allylic oxidation sites excluding steroid dienone is 1. The minimum Gasteiger partial charge on any atom is -0.489 e. The molecule has 1 aliphatic rings. The number of ether oxygens (including phenoxy) is 2. The van der Waals surface area contributed by atoms with Gasteiger partial charge in [0.25, 0.3) is 5.56 Å². The zero-order valence-corrected chi connectivity index (χ0v) is 25.9. The van der Waals surface area contributed by atoms with E-state index < -0.39 is 12.0 Å². The fourth-order valence-electron chi connectivity index (χ4n) is 4.71. The molecule has 2 heterocycles. The van der Waals surface area contributed by atoms with Crippen molar-refractivity contribution in [3.63, 3.8) is 0 Å². The summed E-state index contributed by atoms with van der Waals surface area (Å²) in [6.45, 7) is 4.02. The molecule has 0 spiro atoms. The van der Waals surface area contributed by atoms with Gasteiger partial charge in [0.2, 0.25) is 0 Å². The SMILES string of the molecule is CCOC(=O)C1=C(C)N=c2sc(=Cc3cccc(OCc4ccc(Cl)cc4Cl)c3)c(=O)n2C1c1ccc(N(C)C)cc1.